The van der Waals surface area contributed by atoms with Crippen molar-refractivity contribution in [3.05, 3.63) is 35.9 Å². The van der Waals surface area contributed by atoms with Gasteiger partial charge in [-0.05, 0) is 31.4 Å². The predicted molar refractivity (Wildman–Crippen MR) is 81.2 cm³/mol. The maximum atomic E-state index is 11.7. The summed E-state index contributed by atoms with van der Waals surface area (Å²) in [7, 11) is 0. The van der Waals surface area contributed by atoms with E-state index < -0.39 is 0 Å². The largest absolute Gasteiger partial charge is 0.353 e. The van der Waals surface area contributed by atoms with Crippen molar-refractivity contribution < 1.29 is 4.79 Å². The number of hydrogen-bond donors (Lipinski definition) is 2. The number of nitrogens with zero attached hydrogens (tertiary/aromatic N) is 1. The summed E-state index contributed by atoms with van der Waals surface area (Å²) < 4.78 is 0. The van der Waals surface area contributed by atoms with Crippen LogP contribution < -0.4 is 11.1 Å². The molecule has 0 saturated carbocycles. The maximum Gasteiger partial charge on any atom is 0.220 e. The monoisotopic (exact) mass is 275 g/mol. The van der Waals surface area contributed by atoms with E-state index in [-0.39, 0.29) is 5.91 Å². The molecule has 110 valence electrons. The fourth-order valence-corrected chi connectivity index (χ4v) is 2.64. The van der Waals surface area contributed by atoms with Gasteiger partial charge in [0.1, 0.15) is 0 Å². The number of nitrogens with two attached hydrogens (primary N) is 1. The molecule has 1 saturated heterocycles. The Hall–Kier alpha value is -1.39. The quantitative estimate of drug-likeness (QED) is 0.827. The van der Waals surface area contributed by atoms with Crippen molar-refractivity contribution in [1.82, 2.24) is 10.2 Å². The SMILES string of the molecule is NCCCC(=O)NC1CCN(Cc2ccccc2)CC1. The zero-order valence-corrected chi connectivity index (χ0v) is 12.1. The molecule has 1 fully saturated rings. The normalized spacial score (nSPS) is 17.1. The summed E-state index contributed by atoms with van der Waals surface area (Å²) in [6.45, 7) is 3.70. The lowest BCUT2D eigenvalue weighted by Gasteiger charge is -2.32. The van der Waals surface area contributed by atoms with Crippen LogP contribution in [-0.4, -0.2) is 36.5 Å². The van der Waals surface area contributed by atoms with Crippen molar-refractivity contribution in [1.29, 1.82) is 0 Å². The first-order chi connectivity index (χ1) is 9.78. The third-order valence-electron chi connectivity index (χ3n) is 3.81. The first-order valence-electron chi connectivity index (χ1n) is 7.53. The molecule has 1 aliphatic rings. The van der Waals surface area contributed by atoms with Crippen LogP contribution in [0.4, 0.5) is 0 Å². The van der Waals surface area contributed by atoms with E-state index in [0.717, 1.165) is 38.9 Å². The van der Waals surface area contributed by atoms with Gasteiger partial charge in [0, 0.05) is 32.1 Å². The fraction of sp³-hybridized carbons (Fsp3) is 0.562. The van der Waals surface area contributed by atoms with Crippen molar-refractivity contribution in [2.75, 3.05) is 19.6 Å². The third kappa shape index (κ3) is 4.94. The minimum absolute atomic E-state index is 0.150. The fourth-order valence-electron chi connectivity index (χ4n) is 2.64. The van der Waals surface area contributed by atoms with Crippen LogP contribution in [0, 0.1) is 0 Å². The topological polar surface area (TPSA) is 58.4 Å². The molecule has 0 bridgehead atoms. The molecule has 0 atom stereocenters. The molecule has 1 aromatic rings. The van der Waals surface area contributed by atoms with Crippen LogP contribution in [-0.2, 0) is 11.3 Å². The molecule has 4 heteroatoms. The zero-order valence-electron chi connectivity index (χ0n) is 12.1. The molecule has 0 radical (unpaired) electrons. The molecule has 0 unspecified atom stereocenters. The predicted octanol–water partition coefficient (Wildman–Crippen LogP) is 1.51. The summed E-state index contributed by atoms with van der Waals surface area (Å²) in [5.41, 5.74) is 6.77. The minimum atomic E-state index is 0.150. The molecule has 0 aliphatic carbocycles. The smallest absolute Gasteiger partial charge is 0.220 e. The van der Waals surface area contributed by atoms with Gasteiger partial charge < -0.3 is 11.1 Å². The van der Waals surface area contributed by atoms with E-state index in [0.29, 0.717) is 19.0 Å². The first kappa shape index (κ1) is 15.0. The Morgan fingerprint density at radius 3 is 2.60 bits per heavy atom. The third-order valence-corrected chi connectivity index (χ3v) is 3.81. The molecule has 4 nitrogen and oxygen atoms in total. The number of nitrogens with one attached hydrogen (secondary N) is 1. The van der Waals surface area contributed by atoms with E-state index in [9.17, 15) is 4.79 Å². The van der Waals surface area contributed by atoms with Crippen LogP contribution >= 0.6 is 0 Å². The lowest BCUT2D eigenvalue weighted by atomic mass is 10.0. The van der Waals surface area contributed by atoms with Crippen LogP contribution in [0.3, 0.4) is 0 Å². The summed E-state index contributed by atoms with van der Waals surface area (Å²) >= 11 is 0. The Kier molecular flexibility index (Phi) is 6.02. The molecule has 1 amide bonds. The summed E-state index contributed by atoms with van der Waals surface area (Å²) in [5, 5.41) is 3.12. The molecule has 1 aliphatic heterocycles. The van der Waals surface area contributed by atoms with Crippen molar-refractivity contribution >= 4 is 5.91 Å². The standard InChI is InChI=1S/C16H25N3O/c17-10-4-7-16(20)18-15-8-11-19(12-9-15)13-14-5-2-1-3-6-14/h1-3,5-6,15H,4,7-13,17H2,(H,18,20). The van der Waals surface area contributed by atoms with E-state index in [2.05, 4.69) is 34.5 Å². The van der Waals surface area contributed by atoms with Gasteiger partial charge in [0.25, 0.3) is 0 Å². The molecule has 20 heavy (non-hydrogen) atoms. The van der Waals surface area contributed by atoms with E-state index in [4.69, 9.17) is 5.73 Å². The molecular weight excluding hydrogens is 250 g/mol. The van der Waals surface area contributed by atoms with Gasteiger partial charge >= 0.3 is 0 Å². The molecule has 3 N–H and O–H groups in total. The van der Waals surface area contributed by atoms with Gasteiger partial charge in [-0.3, -0.25) is 9.69 Å². The van der Waals surface area contributed by atoms with Gasteiger partial charge in [-0.15, -0.1) is 0 Å². The van der Waals surface area contributed by atoms with Crippen LogP contribution in [0.15, 0.2) is 30.3 Å². The summed E-state index contributed by atoms with van der Waals surface area (Å²) in [5.74, 6) is 0.150. The number of benzene rings is 1. The number of rotatable bonds is 6. The number of carbonyl (C=O) groups is 1. The lowest BCUT2D eigenvalue weighted by molar-refractivity contribution is -0.122. The van der Waals surface area contributed by atoms with Crippen LogP contribution in [0.5, 0.6) is 0 Å². The zero-order chi connectivity index (χ0) is 14.2. The average Bonchev–Trinajstić information content (AvgIpc) is 2.48. The Bertz CT molecular complexity index is 399. The minimum Gasteiger partial charge on any atom is -0.353 e. The number of piperidine rings is 1. The highest BCUT2D eigenvalue weighted by molar-refractivity contribution is 5.76. The molecular formula is C16H25N3O. The second-order valence-corrected chi connectivity index (χ2v) is 5.50. The second kappa shape index (κ2) is 8.02. The van der Waals surface area contributed by atoms with Gasteiger partial charge in [-0.2, -0.15) is 0 Å². The van der Waals surface area contributed by atoms with Crippen molar-refractivity contribution in [3.63, 3.8) is 0 Å². The highest BCUT2D eigenvalue weighted by Gasteiger charge is 2.20. The van der Waals surface area contributed by atoms with Crippen molar-refractivity contribution in [2.45, 2.75) is 38.3 Å². The van der Waals surface area contributed by atoms with Gasteiger partial charge in [0.15, 0.2) is 0 Å². The molecule has 1 aromatic carbocycles. The highest BCUT2D eigenvalue weighted by Crippen LogP contribution is 2.14. The summed E-state index contributed by atoms with van der Waals surface area (Å²) in [6, 6.07) is 10.9. The van der Waals surface area contributed by atoms with E-state index in [1.807, 2.05) is 6.07 Å². The second-order valence-electron chi connectivity index (χ2n) is 5.50. The summed E-state index contributed by atoms with van der Waals surface area (Å²) in [6.07, 6.45) is 3.42. The Morgan fingerprint density at radius 2 is 1.95 bits per heavy atom. The lowest BCUT2D eigenvalue weighted by Crippen LogP contribution is -2.44. The molecule has 0 spiro atoms. The van der Waals surface area contributed by atoms with Crippen LogP contribution in [0.1, 0.15) is 31.2 Å². The Balaban J connectivity index is 1.68. The van der Waals surface area contributed by atoms with Gasteiger partial charge in [0.05, 0.1) is 0 Å². The van der Waals surface area contributed by atoms with Crippen LogP contribution in [0.25, 0.3) is 0 Å². The van der Waals surface area contributed by atoms with Gasteiger partial charge in [0.2, 0.25) is 5.91 Å². The molecule has 0 aromatic heterocycles. The highest BCUT2D eigenvalue weighted by atomic mass is 16.1. The Labute approximate surface area is 121 Å². The summed E-state index contributed by atoms with van der Waals surface area (Å²) in [4.78, 5) is 14.1. The number of likely N-dealkylation sites (tertiary alicyclic amines) is 1. The van der Waals surface area contributed by atoms with E-state index in [1.165, 1.54) is 5.56 Å². The first-order valence-corrected chi connectivity index (χ1v) is 7.53. The van der Waals surface area contributed by atoms with Crippen LogP contribution in [0.2, 0.25) is 0 Å². The van der Waals surface area contributed by atoms with Crippen molar-refractivity contribution in [2.24, 2.45) is 5.73 Å². The Morgan fingerprint density at radius 1 is 1.25 bits per heavy atom. The van der Waals surface area contributed by atoms with Gasteiger partial charge in [-0.25, -0.2) is 0 Å². The number of carbonyl (C=O) groups excluding carboxylic acids is 1. The maximum absolute atomic E-state index is 11.7. The number of hydrogen-bond acceptors (Lipinski definition) is 3. The molecule has 2 rings (SSSR count). The molecule has 1 heterocycles. The van der Waals surface area contributed by atoms with Gasteiger partial charge in [-0.1, -0.05) is 30.3 Å². The van der Waals surface area contributed by atoms with E-state index in [1.54, 1.807) is 0 Å². The number of amides is 1. The van der Waals surface area contributed by atoms with Crippen molar-refractivity contribution in [3.8, 4) is 0 Å². The average molecular weight is 275 g/mol. The van der Waals surface area contributed by atoms with E-state index >= 15 is 0 Å².